The van der Waals surface area contributed by atoms with Crippen LogP contribution >= 0.6 is 0 Å². The zero-order valence-electron chi connectivity index (χ0n) is 13.3. The zero-order valence-corrected chi connectivity index (χ0v) is 13.3. The van der Waals surface area contributed by atoms with E-state index in [2.05, 4.69) is 9.88 Å². The minimum Gasteiger partial charge on any atom is -0.494 e. The fourth-order valence-electron chi connectivity index (χ4n) is 2.99. The van der Waals surface area contributed by atoms with Crippen LogP contribution in [-0.2, 0) is 0 Å². The number of nitrogens with zero attached hydrogens (tertiary/aromatic N) is 1. The van der Waals surface area contributed by atoms with E-state index in [4.69, 9.17) is 4.74 Å². The van der Waals surface area contributed by atoms with Crippen molar-refractivity contribution in [2.75, 3.05) is 26.2 Å². The number of benzene rings is 1. The van der Waals surface area contributed by atoms with Crippen LogP contribution in [0.4, 0.5) is 0 Å². The number of ether oxygens (including phenoxy) is 1. The van der Waals surface area contributed by atoms with Crippen molar-refractivity contribution < 1.29 is 9.84 Å². The van der Waals surface area contributed by atoms with Crippen molar-refractivity contribution in [2.45, 2.75) is 31.8 Å². The fraction of sp³-hybridized carbons (Fsp3) is 0.500. The largest absolute Gasteiger partial charge is 0.494 e. The predicted molar refractivity (Wildman–Crippen MR) is 91.0 cm³/mol. The average Bonchev–Trinajstić information content (AvgIpc) is 2.56. The molecule has 124 valence electrons. The van der Waals surface area contributed by atoms with Crippen LogP contribution in [0, 0.1) is 0 Å². The van der Waals surface area contributed by atoms with Gasteiger partial charge in [0.2, 0.25) is 5.56 Å². The van der Waals surface area contributed by atoms with E-state index in [0.29, 0.717) is 6.61 Å². The number of nitrogens with one attached hydrogen (secondary N) is 1. The Morgan fingerprint density at radius 3 is 2.78 bits per heavy atom. The number of fused-ring (bicyclic) bond motifs is 1. The first-order chi connectivity index (χ1) is 11.2. The van der Waals surface area contributed by atoms with Gasteiger partial charge in [0.25, 0.3) is 0 Å². The van der Waals surface area contributed by atoms with Gasteiger partial charge in [-0.05, 0) is 55.8 Å². The van der Waals surface area contributed by atoms with E-state index in [9.17, 15) is 9.90 Å². The second-order valence-electron chi connectivity index (χ2n) is 6.20. The second-order valence-corrected chi connectivity index (χ2v) is 6.20. The molecule has 23 heavy (non-hydrogen) atoms. The van der Waals surface area contributed by atoms with Gasteiger partial charge in [-0.1, -0.05) is 0 Å². The molecule has 1 aromatic carbocycles. The average molecular weight is 316 g/mol. The number of aromatic nitrogens is 1. The Kier molecular flexibility index (Phi) is 5.31. The summed E-state index contributed by atoms with van der Waals surface area (Å²) in [5.74, 6) is 0.792. The van der Waals surface area contributed by atoms with E-state index in [1.54, 1.807) is 0 Å². The van der Waals surface area contributed by atoms with E-state index >= 15 is 0 Å². The summed E-state index contributed by atoms with van der Waals surface area (Å²) in [6, 6.07) is 9.12. The lowest BCUT2D eigenvalue weighted by Gasteiger charge is -2.29. The number of rotatable bonds is 6. The lowest BCUT2D eigenvalue weighted by molar-refractivity contribution is 0.0812. The van der Waals surface area contributed by atoms with Gasteiger partial charge in [0.15, 0.2) is 0 Å². The van der Waals surface area contributed by atoms with Crippen LogP contribution < -0.4 is 10.3 Å². The predicted octanol–water partition coefficient (Wildman–Crippen LogP) is 2.14. The summed E-state index contributed by atoms with van der Waals surface area (Å²) < 4.78 is 5.78. The van der Waals surface area contributed by atoms with Crippen LogP contribution in [-0.4, -0.2) is 47.3 Å². The number of aliphatic hydroxyl groups is 1. The van der Waals surface area contributed by atoms with Crippen molar-refractivity contribution in [1.82, 2.24) is 9.88 Å². The van der Waals surface area contributed by atoms with Gasteiger partial charge >= 0.3 is 0 Å². The van der Waals surface area contributed by atoms with E-state index in [1.807, 2.05) is 24.3 Å². The highest BCUT2D eigenvalue weighted by Gasteiger charge is 2.15. The molecule has 0 amide bonds. The molecule has 0 unspecified atom stereocenters. The van der Waals surface area contributed by atoms with Crippen LogP contribution in [0.3, 0.4) is 0 Å². The van der Waals surface area contributed by atoms with Gasteiger partial charge in [0.1, 0.15) is 5.75 Å². The molecule has 5 nitrogen and oxygen atoms in total. The monoisotopic (exact) mass is 316 g/mol. The number of aliphatic hydroxyl groups excluding tert-OH is 1. The molecular formula is C18H24N2O3. The van der Waals surface area contributed by atoms with E-state index in [1.165, 1.54) is 6.07 Å². The molecule has 0 spiro atoms. The zero-order chi connectivity index (χ0) is 16.1. The number of aromatic amines is 1. The lowest BCUT2D eigenvalue weighted by atomic mass is 10.1. The summed E-state index contributed by atoms with van der Waals surface area (Å²) >= 11 is 0. The first kappa shape index (κ1) is 16.0. The molecule has 1 aromatic heterocycles. The topological polar surface area (TPSA) is 65.6 Å². The number of H-pyrrole nitrogens is 1. The van der Waals surface area contributed by atoms with Crippen LogP contribution in [0.5, 0.6) is 5.75 Å². The van der Waals surface area contributed by atoms with Gasteiger partial charge in [-0.3, -0.25) is 4.79 Å². The third-order valence-electron chi connectivity index (χ3n) is 4.39. The molecule has 0 bridgehead atoms. The summed E-state index contributed by atoms with van der Waals surface area (Å²) in [6.07, 6.45) is 3.79. The fourth-order valence-corrected chi connectivity index (χ4v) is 2.99. The van der Waals surface area contributed by atoms with Gasteiger partial charge in [0, 0.05) is 25.2 Å². The van der Waals surface area contributed by atoms with Crippen LogP contribution in [0.15, 0.2) is 35.1 Å². The van der Waals surface area contributed by atoms with E-state index in [-0.39, 0.29) is 11.7 Å². The Bertz CT molecular complexity index is 690. The summed E-state index contributed by atoms with van der Waals surface area (Å²) in [5, 5.41) is 10.5. The maximum atomic E-state index is 11.3. The summed E-state index contributed by atoms with van der Waals surface area (Å²) in [7, 11) is 0. The van der Waals surface area contributed by atoms with Crippen LogP contribution in [0.1, 0.15) is 25.7 Å². The maximum absolute atomic E-state index is 11.3. The molecule has 0 aliphatic carbocycles. The smallest absolute Gasteiger partial charge is 0.248 e. The molecule has 5 heteroatoms. The third kappa shape index (κ3) is 4.56. The number of hydrogen-bond donors (Lipinski definition) is 2. The molecular weight excluding hydrogens is 292 g/mol. The highest BCUT2D eigenvalue weighted by Crippen LogP contribution is 2.18. The molecule has 2 heterocycles. The third-order valence-corrected chi connectivity index (χ3v) is 4.39. The highest BCUT2D eigenvalue weighted by molar-refractivity contribution is 5.79. The second kappa shape index (κ2) is 7.62. The molecule has 1 saturated heterocycles. The van der Waals surface area contributed by atoms with Gasteiger partial charge in [-0.2, -0.15) is 0 Å². The van der Waals surface area contributed by atoms with Gasteiger partial charge < -0.3 is 19.7 Å². The number of pyridine rings is 1. The number of piperidine rings is 1. The highest BCUT2D eigenvalue weighted by atomic mass is 16.5. The quantitative estimate of drug-likeness (QED) is 0.802. The summed E-state index contributed by atoms with van der Waals surface area (Å²) in [5.41, 5.74) is 0.711. The minimum absolute atomic E-state index is 0.0960. The number of likely N-dealkylation sites (tertiary alicyclic amines) is 1. The normalized spacial score (nSPS) is 16.7. The summed E-state index contributed by atoms with van der Waals surface area (Å²) in [4.78, 5) is 16.6. The van der Waals surface area contributed by atoms with Crippen molar-refractivity contribution in [3.8, 4) is 5.75 Å². The van der Waals surface area contributed by atoms with Crippen molar-refractivity contribution in [3.05, 3.63) is 40.7 Å². The molecule has 1 aliphatic rings. The molecule has 2 N–H and O–H groups in total. The number of hydrogen-bond acceptors (Lipinski definition) is 4. The number of unbranched alkanes of at least 4 members (excludes halogenated alkanes) is 1. The standard InChI is InChI=1S/C18H24N2O3/c21-15-7-10-20(11-8-15)9-1-2-12-23-16-5-3-14-4-6-18(22)19-17(14)13-16/h3-6,13,15,21H,1-2,7-12H2,(H,19,22). The Morgan fingerprint density at radius 1 is 1.17 bits per heavy atom. The Balaban J connectivity index is 1.41. The van der Waals surface area contributed by atoms with Crippen molar-refractivity contribution in [3.63, 3.8) is 0 Å². The van der Waals surface area contributed by atoms with Crippen LogP contribution in [0.2, 0.25) is 0 Å². The van der Waals surface area contributed by atoms with E-state index in [0.717, 1.165) is 62.0 Å². The Hall–Kier alpha value is -1.85. The SMILES string of the molecule is O=c1ccc2ccc(OCCCCN3CCC(O)CC3)cc2[nH]1. The van der Waals surface area contributed by atoms with E-state index < -0.39 is 0 Å². The maximum Gasteiger partial charge on any atom is 0.248 e. The molecule has 1 fully saturated rings. The van der Waals surface area contributed by atoms with Crippen molar-refractivity contribution in [2.24, 2.45) is 0 Å². The first-order valence-corrected chi connectivity index (χ1v) is 8.37. The van der Waals surface area contributed by atoms with Crippen LogP contribution in [0.25, 0.3) is 10.9 Å². The lowest BCUT2D eigenvalue weighted by Crippen LogP contribution is -2.36. The molecule has 0 atom stereocenters. The summed E-state index contributed by atoms with van der Waals surface area (Å²) in [6.45, 7) is 3.75. The van der Waals surface area contributed by atoms with Crippen molar-refractivity contribution >= 4 is 10.9 Å². The van der Waals surface area contributed by atoms with Gasteiger partial charge in [-0.25, -0.2) is 0 Å². The Morgan fingerprint density at radius 2 is 1.96 bits per heavy atom. The molecule has 0 saturated carbocycles. The minimum atomic E-state index is -0.103. The Labute approximate surface area is 135 Å². The van der Waals surface area contributed by atoms with Gasteiger partial charge in [-0.15, -0.1) is 0 Å². The molecule has 3 rings (SSSR count). The van der Waals surface area contributed by atoms with Gasteiger partial charge in [0.05, 0.1) is 18.2 Å². The first-order valence-electron chi connectivity index (χ1n) is 8.37. The molecule has 0 radical (unpaired) electrons. The molecule has 2 aromatic rings. The molecule has 1 aliphatic heterocycles. The van der Waals surface area contributed by atoms with Crippen molar-refractivity contribution in [1.29, 1.82) is 0 Å².